The van der Waals surface area contributed by atoms with Crippen molar-refractivity contribution in [1.82, 2.24) is 16.2 Å². The number of thiocarbonyl (C=S) groups is 1. The summed E-state index contributed by atoms with van der Waals surface area (Å²) in [5.74, 6) is -0.512. The number of hydrogen-bond donors (Lipinski definition) is 3. The average molecular weight is 358 g/mol. The van der Waals surface area contributed by atoms with Gasteiger partial charge >= 0.3 is 0 Å². The van der Waals surface area contributed by atoms with Crippen molar-refractivity contribution >= 4 is 45.1 Å². The zero-order valence-electron chi connectivity index (χ0n) is 11.0. The van der Waals surface area contributed by atoms with E-state index in [4.69, 9.17) is 12.2 Å². The van der Waals surface area contributed by atoms with Crippen LogP contribution in [0.5, 0.6) is 0 Å². The van der Waals surface area contributed by atoms with Gasteiger partial charge < -0.3 is 5.32 Å². The Bertz CT molecular complexity index is 508. The van der Waals surface area contributed by atoms with Crippen molar-refractivity contribution in [3.05, 3.63) is 34.3 Å². The lowest BCUT2D eigenvalue weighted by atomic mass is 10.2. The minimum Gasteiger partial charge on any atom is -0.302 e. The van der Waals surface area contributed by atoms with E-state index in [-0.39, 0.29) is 16.9 Å². The summed E-state index contributed by atoms with van der Waals surface area (Å²) in [6, 6.07) is 7.00. The second kappa shape index (κ2) is 8.65. The van der Waals surface area contributed by atoms with E-state index in [2.05, 4.69) is 32.1 Å². The molecule has 1 aromatic rings. The Morgan fingerprint density at radius 1 is 1.25 bits per heavy atom. The van der Waals surface area contributed by atoms with Gasteiger partial charge in [-0.15, -0.1) is 0 Å². The van der Waals surface area contributed by atoms with E-state index in [0.717, 1.165) is 12.8 Å². The number of unbranched alkanes of at least 4 members (excludes halogenated alkanes) is 1. The molecular weight excluding hydrogens is 342 g/mol. The predicted octanol–water partition coefficient (Wildman–Crippen LogP) is 2.27. The number of hydrazine groups is 1. The van der Waals surface area contributed by atoms with Gasteiger partial charge in [-0.25, -0.2) is 0 Å². The molecule has 0 saturated heterocycles. The minimum absolute atomic E-state index is 0.0755. The van der Waals surface area contributed by atoms with Crippen LogP contribution in [0.25, 0.3) is 0 Å². The molecule has 1 rings (SSSR count). The van der Waals surface area contributed by atoms with Gasteiger partial charge in [-0.1, -0.05) is 25.5 Å². The molecule has 0 aliphatic heterocycles. The third-order valence-corrected chi connectivity index (χ3v) is 3.31. The summed E-state index contributed by atoms with van der Waals surface area (Å²) in [4.78, 5) is 23.3. The lowest BCUT2D eigenvalue weighted by molar-refractivity contribution is -0.119. The standard InChI is InChI=1S/C13H16BrN3O2S/c1-2-3-8-11(18)15-13(20)17-16-12(19)9-6-4-5-7-10(9)14/h4-7H,2-3,8H2,1H3,(H,16,19)(H2,15,17,18,20). The summed E-state index contributed by atoms with van der Waals surface area (Å²) in [5.41, 5.74) is 5.39. The van der Waals surface area contributed by atoms with Crippen LogP contribution in [0.3, 0.4) is 0 Å². The first kappa shape index (κ1) is 16.6. The van der Waals surface area contributed by atoms with Crippen LogP contribution in [0.15, 0.2) is 28.7 Å². The van der Waals surface area contributed by atoms with Gasteiger partial charge in [0.05, 0.1) is 5.56 Å². The number of halogens is 1. The van der Waals surface area contributed by atoms with Crippen LogP contribution in [0.2, 0.25) is 0 Å². The lowest BCUT2D eigenvalue weighted by Crippen LogP contribution is -2.48. The van der Waals surface area contributed by atoms with Gasteiger partial charge in [0.1, 0.15) is 0 Å². The summed E-state index contributed by atoms with van der Waals surface area (Å²) in [5, 5.41) is 2.57. The van der Waals surface area contributed by atoms with Gasteiger partial charge in [0.25, 0.3) is 5.91 Å². The second-order valence-corrected chi connectivity index (χ2v) is 5.30. The van der Waals surface area contributed by atoms with E-state index in [1.807, 2.05) is 13.0 Å². The van der Waals surface area contributed by atoms with E-state index < -0.39 is 0 Å². The second-order valence-electron chi connectivity index (χ2n) is 4.04. The van der Waals surface area contributed by atoms with E-state index in [1.165, 1.54) is 0 Å². The first-order valence-corrected chi connectivity index (χ1v) is 7.39. The third-order valence-electron chi connectivity index (χ3n) is 2.42. The van der Waals surface area contributed by atoms with Gasteiger partial charge in [-0.3, -0.25) is 20.4 Å². The third kappa shape index (κ3) is 5.66. The highest BCUT2D eigenvalue weighted by Gasteiger charge is 2.09. The van der Waals surface area contributed by atoms with Crippen LogP contribution in [-0.2, 0) is 4.79 Å². The molecule has 0 heterocycles. The molecular formula is C13H16BrN3O2S. The zero-order chi connectivity index (χ0) is 15.0. The molecule has 0 spiro atoms. The molecule has 7 heteroatoms. The molecule has 5 nitrogen and oxygen atoms in total. The summed E-state index contributed by atoms with van der Waals surface area (Å²) in [6.07, 6.45) is 2.15. The summed E-state index contributed by atoms with van der Waals surface area (Å²) in [7, 11) is 0. The molecule has 0 radical (unpaired) electrons. The monoisotopic (exact) mass is 357 g/mol. The fourth-order valence-electron chi connectivity index (χ4n) is 1.38. The van der Waals surface area contributed by atoms with E-state index in [0.29, 0.717) is 16.5 Å². The maximum Gasteiger partial charge on any atom is 0.270 e. The number of carbonyl (C=O) groups excluding carboxylic acids is 2. The van der Waals surface area contributed by atoms with Crippen LogP contribution in [0, 0.1) is 0 Å². The van der Waals surface area contributed by atoms with E-state index in [9.17, 15) is 9.59 Å². The molecule has 1 aromatic carbocycles. The highest BCUT2D eigenvalue weighted by molar-refractivity contribution is 9.10. The van der Waals surface area contributed by atoms with E-state index >= 15 is 0 Å². The van der Waals surface area contributed by atoms with Crippen molar-refractivity contribution in [2.45, 2.75) is 26.2 Å². The van der Waals surface area contributed by atoms with Crippen LogP contribution < -0.4 is 16.2 Å². The van der Waals surface area contributed by atoms with Gasteiger partial charge in [-0.05, 0) is 46.7 Å². The molecule has 108 valence electrons. The SMILES string of the molecule is CCCCC(=O)NC(=S)NNC(=O)c1ccccc1Br. The smallest absolute Gasteiger partial charge is 0.270 e. The molecule has 0 aromatic heterocycles. The maximum atomic E-state index is 11.9. The van der Waals surface area contributed by atoms with Gasteiger partial charge in [0.2, 0.25) is 5.91 Å². The Balaban J connectivity index is 2.40. The highest BCUT2D eigenvalue weighted by Crippen LogP contribution is 2.14. The first-order valence-electron chi connectivity index (χ1n) is 6.19. The van der Waals surface area contributed by atoms with Gasteiger partial charge in [0, 0.05) is 10.9 Å². The number of amides is 2. The Kier molecular flexibility index (Phi) is 7.17. The van der Waals surface area contributed by atoms with Crippen molar-refractivity contribution in [2.75, 3.05) is 0 Å². The topological polar surface area (TPSA) is 70.2 Å². The molecule has 3 N–H and O–H groups in total. The van der Waals surface area contributed by atoms with Crippen molar-refractivity contribution in [2.24, 2.45) is 0 Å². The van der Waals surface area contributed by atoms with Crippen LogP contribution in [0.1, 0.15) is 36.5 Å². The summed E-state index contributed by atoms with van der Waals surface area (Å²) >= 11 is 8.19. The first-order chi connectivity index (χ1) is 9.54. The molecule has 2 amide bonds. The Morgan fingerprint density at radius 3 is 2.60 bits per heavy atom. The molecule has 0 bridgehead atoms. The largest absolute Gasteiger partial charge is 0.302 e. The fourth-order valence-corrected chi connectivity index (χ4v) is 2.01. The van der Waals surface area contributed by atoms with Crippen LogP contribution in [0.4, 0.5) is 0 Å². The average Bonchev–Trinajstić information content (AvgIpc) is 2.43. The van der Waals surface area contributed by atoms with Crippen molar-refractivity contribution in [3.8, 4) is 0 Å². The molecule has 0 saturated carbocycles. The predicted molar refractivity (Wildman–Crippen MR) is 85.0 cm³/mol. The van der Waals surface area contributed by atoms with Crippen molar-refractivity contribution in [1.29, 1.82) is 0 Å². The van der Waals surface area contributed by atoms with Gasteiger partial charge in [-0.2, -0.15) is 0 Å². The van der Waals surface area contributed by atoms with Crippen molar-refractivity contribution in [3.63, 3.8) is 0 Å². The van der Waals surface area contributed by atoms with Crippen LogP contribution in [-0.4, -0.2) is 16.9 Å². The number of benzene rings is 1. The highest BCUT2D eigenvalue weighted by atomic mass is 79.9. The molecule has 20 heavy (non-hydrogen) atoms. The summed E-state index contributed by atoms with van der Waals surface area (Å²) in [6.45, 7) is 2.00. The van der Waals surface area contributed by atoms with Gasteiger partial charge in [0.15, 0.2) is 5.11 Å². The molecule has 0 atom stereocenters. The fraction of sp³-hybridized carbons (Fsp3) is 0.308. The zero-order valence-corrected chi connectivity index (χ0v) is 13.4. The number of nitrogens with one attached hydrogen (secondary N) is 3. The molecule has 0 fully saturated rings. The van der Waals surface area contributed by atoms with Crippen LogP contribution >= 0.6 is 28.1 Å². The van der Waals surface area contributed by atoms with E-state index in [1.54, 1.807) is 18.2 Å². The normalized spacial score (nSPS) is 9.70. The van der Waals surface area contributed by atoms with Crippen molar-refractivity contribution < 1.29 is 9.59 Å². The Morgan fingerprint density at radius 2 is 1.95 bits per heavy atom. The molecule has 0 unspecified atom stereocenters. The number of rotatable bonds is 4. The molecule has 0 aliphatic carbocycles. The maximum absolute atomic E-state index is 11.9. The Labute approximate surface area is 131 Å². The summed E-state index contributed by atoms with van der Waals surface area (Å²) < 4.78 is 0.678. The lowest BCUT2D eigenvalue weighted by Gasteiger charge is -2.11. The quantitative estimate of drug-likeness (QED) is 0.571. The minimum atomic E-state index is -0.345. The number of hydrogen-bond acceptors (Lipinski definition) is 3. The number of carbonyl (C=O) groups is 2. The Hall–Kier alpha value is -1.47. The molecule has 0 aliphatic rings.